The number of rotatable bonds is 7. The summed E-state index contributed by atoms with van der Waals surface area (Å²) < 4.78 is 11.2. The molecule has 3 aromatic rings. The van der Waals surface area contributed by atoms with Crippen LogP contribution in [0.1, 0.15) is 23.6 Å². The number of benzene rings is 3. The molecule has 3 aromatic carbocycles. The van der Waals surface area contributed by atoms with Gasteiger partial charge in [0.05, 0.1) is 36.6 Å². The van der Waals surface area contributed by atoms with Crippen LogP contribution in [0.4, 0.5) is 11.4 Å². The Morgan fingerprint density at radius 1 is 1.03 bits per heavy atom. The molecule has 0 amide bonds. The third kappa shape index (κ3) is 4.53. The molecule has 1 aliphatic heterocycles. The summed E-state index contributed by atoms with van der Waals surface area (Å²) in [7, 11) is 3.25. The van der Waals surface area contributed by atoms with Gasteiger partial charge in [-0.15, -0.1) is 0 Å². The molecule has 0 aliphatic carbocycles. The number of nitrogens with zero attached hydrogens (tertiary/aromatic N) is 3. The first-order chi connectivity index (χ1) is 16.0. The fourth-order valence-electron chi connectivity index (χ4n) is 4.32. The molecule has 1 unspecified atom stereocenters. The molecule has 0 saturated heterocycles. The second-order valence-electron chi connectivity index (χ2n) is 7.85. The maximum absolute atomic E-state index is 11.6. The smallest absolute Gasteiger partial charge is 0.272 e. The lowest BCUT2D eigenvalue weighted by molar-refractivity contribution is -0.385. The third-order valence-electron chi connectivity index (χ3n) is 5.91. The summed E-state index contributed by atoms with van der Waals surface area (Å²) in [5, 5.41) is 11.6. The predicted molar refractivity (Wildman–Crippen MR) is 130 cm³/mol. The Morgan fingerprint density at radius 3 is 2.36 bits per heavy atom. The first kappa shape index (κ1) is 22.3. The summed E-state index contributed by atoms with van der Waals surface area (Å²) in [4.78, 5) is 18.7. The molecule has 0 spiro atoms. The number of hydrogen-bond acceptors (Lipinski definition) is 6. The Morgan fingerprint density at radius 2 is 1.70 bits per heavy atom. The molecule has 0 radical (unpaired) electrons. The molecule has 0 N–H and O–H groups in total. The Labute approximate surface area is 193 Å². The van der Waals surface area contributed by atoms with Crippen molar-refractivity contribution in [2.45, 2.75) is 19.4 Å². The molecular formula is C26H27N3O4. The Hall–Kier alpha value is -3.87. The lowest BCUT2D eigenvalue weighted by Crippen LogP contribution is -2.32. The maximum atomic E-state index is 11.6. The second kappa shape index (κ2) is 9.73. The predicted octanol–water partition coefficient (Wildman–Crippen LogP) is 4.90. The van der Waals surface area contributed by atoms with Crippen LogP contribution in [0.15, 0.2) is 71.7 Å². The van der Waals surface area contributed by atoms with E-state index in [9.17, 15) is 10.1 Å². The zero-order chi connectivity index (χ0) is 23.4. The highest BCUT2D eigenvalue weighted by Gasteiger charge is 2.28. The third-order valence-corrected chi connectivity index (χ3v) is 5.91. The van der Waals surface area contributed by atoms with Gasteiger partial charge in [0.25, 0.3) is 5.69 Å². The summed E-state index contributed by atoms with van der Waals surface area (Å²) in [6.45, 7) is 3.48. The molecule has 0 bridgehead atoms. The van der Waals surface area contributed by atoms with Crippen molar-refractivity contribution in [3.63, 3.8) is 0 Å². The van der Waals surface area contributed by atoms with Gasteiger partial charge in [-0.3, -0.25) is 15.1 Å². The highest BCUT2D eigenvalue weighted by molar-refractivity contribution is 6.16. The molecule has 7 heteroatoms. The van der Waals surface area contributed by atoms with Crippen LogP contribution in [0.2, 0.25) is 0 Å². The van der Waals surface area contributed by atoms with E-state index in [4.69, 9.17) is 14.5 Å². The molecule has 0 saturated carbocycles. The minimum atomic E-state index is -0.323. The molecule has 1 heterocycles. The number of aliphatic imine (C=N–C) groups is 1. The number of para-hydroxylation sites is 1. The number of nitro benzene ring substituents is 1. The van der Waals surface area contributed by atoms with Gasteiger partial charge in [-0.1, -0.05) is 48.5 Å². The molecule has 4 rings (SSSR count). The van der Waals surface area contributed by atoms with Gasteiger partial charge in [-0.25, -0.2) is 0 Å². The molecule has 1 aliphatic rings. The summed E-state index contributed by atoms with van der Waals surface area (Å²) in [6, 6.07) is 20.7. The van der Waals surface area contributed by atoms with Gasteiger partial charge in [-0.05, 0) is 13.0 Å². The number of benzodiazepines with no additional fused rings is 1. The number of anilines is 1. The SMILES string of the molecule is CCN1CC(Cc2ccccc2[N+](=O)[O-])N=C(c2ccccc2)c2cc(OC)c(OC)cc21. The first-order valence-electron chi connectivity index (χ1n) is 10.9. The van der Waals surface area contributed by atoms with Crippen LogP contribution in [-0.2, 0) is 6.42 Å². The first-order valence-corrected chi connectivity index (χ1v) is 10.9. The number of likely N-dealkylation sites (N-methyl/N-ethyl adjacent to an activating group) is 1. The van der Waals surface area contributed by atoms with E-state index >= 15 is 0 Å². The van der Waals surface area contributed by atoms with E-state index in [1.807, 2.05) is 54.6 Å². The number of nitro groups is 1. The van der Waals surface area contributed by atoms with Crippen LogP contribution in [0.25, 0.3) is 0 Å². The van der Waals surface area contributed by atoms with E-state index in [2.05, 4.69) is 11.8 Å². The molecule has 7 nitrogen and oxygen atoms in total. The van der Waals surface area contributed by atoms with Crippen LogP contribution in [0.3, 0.4) is 0 Å². The minimum Gasteiger partial charge on any atom is -0.493 e. The highest BCUT2D eigenvalue weighted by atomic mass is 16.6. The monoisotopic (exact) mass is 445 g/mol. The topological polar surface area (TPSA) is 77.2 Å². The molecule has 33 heavy (non-hydrogen) atoms. The van der Waals surface area contributed by atoms with Gasteiger partial charge >= 0.3 is 0 Å². The van der Waals surface area contributed by atoms with E-state index in [-0.39, 0.29) is 16.7 Å². The van der Waals surface area contributed by atoms with Crippen molar-refractivity contribution in [1.29, 1.82) is 0 Å². The Balaban J connectivity index is 1.87. The van der Waals surface area contributed by atoms with Crippen molar-refractivity contribution in [2.24, 2.45) is 4.99 Å². The van der Waals surface area contributed by atoms with Crippen LogP contribution >= 0.6 is 0 Å². The second-order valence-corrected chi connectivity index (χ2v) is 7.85. The zero-order valence-corrected chi connectivity index (χ0v) is 19.0. The summed E-state index contributed by atoms with van der Waals surface area (Å²) in [5.74, 6) is 1.28. The van der Waals surface area contributed by atoms with E-state index in [1.165, 1.54) is 0 Å². The van der Waals surface area contributed by atoms with Crippen molar-refractivity contribution in [1.82, 2.24) is 0 Å². The Bertz CT molecular complexity index is 1180. The number of methoxy groups -OCH3 is 2. The quantitative estimate of drug-likeness (QED) is 0.382. The lowest BCUT2D eigenvalue weighted by Gasteiger charge is -2.26. The summed E-state index contributed by atoms with van der Waals surface area (Å²) in [6.07, 6.45) is 0.465. The minimum absolute atomic E-state index is 0.127. The van der Waals surface area contributed by atoms with Crippen molar-refractivity contribution in [3.8, 4) is 11.5 Å². The highest BCUT2D eigenvalue weighted by Crippen LogP contribution is 2.38. The maximum Gasteiger partial charge on any atom is 0.272 e. The van der Waals surface area contributed by atoms with E-state index in [0.717, 1.165) is 29.1 Å². The van der Waals surface area contributed by atoms with Crippen molar-refractivity contribution < 1.29 is 14.4 Å². The normalized spacial score (nSPS) is 15.3. The van der Waals surface area contributed by atoms with Crippen LogP contribution in [0, 0.1) is 10.1 Å². The van der Waals surface area contributed by atoms with E-state index < -0.39 is 0 Å². The molecule has 1 atom stereocenters. The van der Waals surface area contributed by atoms with E-state index in [1.54, 1.807) is 26.4 Å². The molecule has 170 valence electrons. The van der Waals surface area contributed by atoms with Gasteiger partial charge in [0.1, 0.15) is 0 Å². The number of hydrogen-bond donors (Lipinski definition) is 0. The van der Waals surface area contributed by atoms with Gasteiger partial charge in [-0.2, -0.15) is 0 Å². The van der Waals surface area contributed by atoms with Crippen molar-refractivity contribution in [3.05, 3.63) is 93.5 Å². The van der Waals surface area contributed by atoms with Gasteiger partial charge < -0.3 is 14.4 Å². The fourth-order valence-corrected chi connectivity index (χ4v) is 4.32. The molecule has 0 aromatic heterocycles. The molecule has 0 fully saturated rings. The summed E-state index contributed by atoms with van der Waals surface area (Å²) in [5.41, 5.74) is 4.58. The van der Waals surface area contributed by atoms with Crippen LogP contribution in [0.5, 0.6) is 11.5 Å². The summed E-state index contributed by atoms with van der Waals surface area (Å²) >= 11 is 0. The zero-order valence-electron chi connectivity index (χ0n) is 19.0. The largest absolute Gasteiger partial charge is 0.493 e. The fraction of sp³-hybridized carbons (Fsp3) is 0.269. The van der Waals surface area contributed by atoms with Crippen molar-refractivity contribution in [2.75, 3.05) is 32.2 Å². The standard InChI is InChI=1S/C26H27N3O4/c1-4-28-17-20(14-19-12-8-9-13-22(19)29(30)31)27-26(18-10-6-5-7-11-18)21-15-24(32-2)25(33-3)16-23(21)28/h5-13,15-16,20H,4,14,17H2,1-3H3. The Kier molecular flexibility index (Phi) is 6.58. The van der Waals surface area contributed by atoms with Crippen molar-refractivity contribution >= 4 is 17.1 Å². The lowest BCUT2D eigenvalue weighted by atomic mass is 9.99. The van der Waals surface area contributed by atoms with Gasteiger partial charge in [0.15, 0.2) is 11.5 Å². The molecular weight excluding hydrogens is 418 g/mol. The van der Waals surface area contributed by atoms with E-state index in [0.29, 0.717) is 30.0 Å². The van der Waals surface area contributed by atoms with Crippen LogP contribution < -0.4 is 14.4 Å². The van der Waals surface area contributed by atoms with Crippen LogP contribution in [-0.4, -0.2) is 44.0 Å². The average molecular weight is 446 g/mol. The number of ether oxygens (including phenoxy) is 2. The van der Waals surface area contributed by atoms with Gasteiger partial charge in [0.2, 0.25) is 0 Å². The number of fused-ring (bicyclic) bond motifs is 1. The average Bonchev–Trinajstić information content (AvgIpc) is 3.00. The van der Waals surface area contributed by atoms with Gasteiger partial charge in [0, 0.05) is 48.3 Å².